The molecular weight excluding hydrogens is 514 g/mol. The first-order valence-electron chi connectivity index (χ1n) is 14.1. The van der Waals surface area contributed by atoms with Gasteiger partial charge in [0.25, 0.3) is 0 Å². The first-order valence-corrected chi connectivity index (χ1v) is 19.1. The van der Waals surface area contributed by atoms with Gasteiger partial charge in [0.05, 0.1) is 31.5 Å². The number of carbonyl (C=O) groups excluding carboxylic acids is 1. The number of benzene rings is 1. The van der Waals surface area contributed by atoms with Gasteiger partial charge in [-0.25, -0.2) is 4.79 Å². The molecule has 0 bridgehead atoms. The van der Waals surface area contributed by atoms with Gasteiger partial charge < -0.3 is 29.1 Å². The van der Waals surface area contributed by atoms with E-state index in [-0.39, 0.29) is 31.3 Å². The smallest absolute Gasteiger partial charge is 0.407 e. The summed E-state index contributed by atoms with van der Waals surface area (Å²) in [7, 11) is -4.55. The third-order valence-electron chi connectivity index (χ3n) is 8.17. The summed E-state index contributed by atoms with van der Waals surface area (Å²) < 4.78 is 19.2. The zero-order valence-electron chi connectivity index (χ0n) is 25.7. The third kappa shape index (κ3) is 9.75. The van der Waals surface area contributed by atoms with Gasteiger partial charge in [-0.05, 0) is 40.3 Å². The second kappa shape index (κ2) is 15.0. The van der Waals surface area contributed by atoms with E-state index in [2.05, 4.69) is 80.7 Å². The Balaban J connectivity index is 3.37. The molecule has 38 heavy (non-hydrogen) atoms. The molecule has 3 N–H and O–H groups in total. The van der Waals surface area contributed by atoms with E-state index in [9.17, 15) is 15.0 Å². The van der Waals surface area contributed by atoms with Gasteiger partial charge in [0.2, 0.25) is 8.32 Å². The van der Waals surface area contributed by atoms with Crippen LogP contribution in [0, 0.1) is 0 Å². The highest BCUT2D eigenvalue weighted by Gasteiger charge is 2.48. The third-order valence-corrected chi connectivity index (χ3v) is 18.8. The Morgan fingerprint density at radius 3 is 1.95 bits per heavy atom. The van der Waals surface area contributed by atoms with E-state index < -0.39 is 41.0 Å². The lowest BCUT2D eigenvalue weighted by Crippen LogP contribution is -2.58. The molecule has 0 radical (unpaired) electrons. The van der Waals surface area contributed by atoms with E-state index in [1.165, 1.54) is 0 Å². The molecule has 1 aromatic rings. The fourth-order valence-electron chi connectivity index (χ4n) is 4.98. The Morgan fingerprint density at radius 1 is 0.974 bits per heavy atom. The quantitative estimate of drug-likeness (QED) is 0.206. The van der Waals surface area contributed by atoms with Crippen LogP contribution in [0.15, 0.2) is 30.3 Å². The summed E-state index contributed by atoms with van der Waals surface area (Å²) in [6.45, 7) is 24.1. The fraction of sp³-hybridized carbons (Fsp3) is 0.759. The number of alkyl carbamates (subject to hydrolysis) is 1. The zero-order valence-corrected chi connectivity index (χ0v) is 27.7. The van der Waals surface area contributed by atoms with Crippen molar-refractivity contribution in [1.29, 1.82) is 0 Å². The van der Waals surface area contributed by atoms with Gasteiger partial charge in [-0.2, -0.15) is 0 Å². The Hall–Kier alpha value is -1.24. The van der Waals surface area contributed by atoms with E-state index in [0.29, 0.717) is 16.6 Å². The van der Waals surface area contributed by atoms with Crippen LogP contribution in [-0.4, -0.2) is 64.4 Å². The van der Waals surface area contributed by atoms with Crippen molar-refractivity contribution in [1.82, 2.24) is 5.32 Å². The maximum atomic E-state index is 13.0. The molecule has 1 amide bonds. The summed E-state index contributed by atoms with van der Waals surface area (Å²) in [6, 6.07) is 8.98. The number of aliphatic hydroxyl groups is 2. The van der Waals surface area contributed by atoms with Crippen molar-refractivity contribution in [3.63, 3.8) is 0 Å². The topological polar surface area (TPSA) is 97.3 Å². The van der Waals surface area contributed by atoms with Gasteiger partial charge in [0.1, 0.15) is 6.61 Å². The van der Waals surface area contributed by atoms with Crippen molar-refractivity contribution in [2.24, 2.45) is 0 Å². The summed E-state index contributed by atoms with van der Waals surface area (Å²) in [5.74, 6) is 0. The van der Waals surface area contributed by atoms with E-state index in [0.717, 1.165) is 5.56 Å². The molecule has 7 nitrogen and oxygen atoms in total. The van der Waals surface area contributed by atoms with Gasteiger partial charge in [0, 0.05) is 6.42 Å². The van der Waals surface area contributed by atoms with E-state index in [4.69, 9.17) is 13.6 Å². The van der Waals surface area contributed by atoms with Crippen molar-refractivity contribution in [2.75, 3.05) is 13.2 Å². The molecular formula is C29H55NO6Si2. The van der Waals surface area contributed by atoms with Gasteiger partial charge in [-0.15, -0.1) is 0 Å². The van der Waals surface area contributed by atoms with Crippen LogP contribution in [0.3, 0.4) is 0 Å². The molecule has 0 aliphatic rings. The minimum atomic E-state index is -2.40. The molecule has 9 heteroatoms. The molecule has 0 aliphatic carbocycles. The van der Waals surface area contributed by atoms with Crippen LogP contribution in [0.4, 0.5) is 4.79 Å². The summed E-state index contributed by atoms with van der Waals surface area (Å²) in [4.78, 5) is 13.0. The molecule has 220 valence electrons. The molecule has 0 saturated heterocycles. The molecule has 0 aliphatic heterocycles. The molecule has 3 atom stereocenters. The second-order valence-corrected chi connectivity index (χ2v) is 23.1. The Morgan fingerprint density at radius 2 is 1.50 bits per heavy atom. The van der Waals surface area contributed by atoms with Gasteiger partial charge in [-0.1, -0.05) is 92.6 Å². The highest BCUT2D eigenvalue weighted by atomic mass is 28.4. The highest BCUT2D eigenvalue weighted by molar-refractivity contribution is 6.77. The van der Waals surface area contributed by atoms with Crippen molar-refractivity contribution >= 4 is 22.7 Å². The van der Waals surface area contributed by atoms with Crippen LogP contribution < -0.4 is 5.32 Å². The number of rotatable bonds is 15. The average Bonchev–Trinajstić information content (AvgIpc) is 2.82. The van der Waals surface area contributed by atoms with Crippen LogP contribution in [0.5, 0.6) is 0 Å². The highest BCUT2D eigenvalue weighted by Crippen LogP contribution is 2.44. The number of ether oxygens (including phenoxy) is 1. The van der Waals surface area contributed by atoms with Gasteiger partial charge in [0.15, 0.2) is 8.32 Å². The Kier molecular flexibility index (Phi) is 13.7. The maximum absolute atomic E-state index is 13.0. The minimum absolute atomic E-state index is 0.0152. The van der Waals surface area contributed by atoms with E-state index in [1.807, 2.05) is 30.3 Å². The SMILES string of the molecule is CC(C)[Si](O[C@@H](CC(O)CO)[C@H](CO[Si](C)(C)C(C)(C)C)NC(=O)OCc1ccccc1)(C(C)C)C(C)C. The van der Waals surface area contributed by atoms with Crippen LogP contribution in [0.2, 0.25) is 34.8 Å². The predicted octanol–water partition coefficient (Wildman–Crippen LogP) is 6.61. The zero-order chi connectivity index (χ0) is 29.3. The molecule has 0 aromatic heterocycles. The number of aliphatic hydroxyl groups excluding tert-OH is 2. The van der Waals surface area contributed by atoms with Crippen molar-refractivity contribution in [2.45, 2.75) is 128 Å². The van der Waals surface area contributed by atoms with Crippen LogP contribution in [0.25, 0.3) is 0 Å². The molecule has 0 saturated carbocycles. The van der Waals surface area contributed by atoms with E-state index >= 15 is 0 Å². The number of nitrogens with one attached hydrogen (secondary N) is 1. The molecule has 1 aromatic carbocycles. The van der Waals surface area contributed by atoms with Crippen LogP contribution in [-0.2, 0) is 20.2 Å². The first-order chi connectivity index (χ1) is 17.5. The number of amides is 1. The summed E-state index contributed by atoms with van der Waals surface area (Å²) in [5, 5.41) is 23.3. The lowest BCUT2D eigenvalue weighted by atomic mass is 10.1. The van der Waals surface area contributed by atoms with Crippen molar-refractivity contribution < 1.29 is 28.6 Å². The fourth-order valence-corrected chi connectivity index (χ4v) is 11.6. The summed E-state index contributed by atoms with van der Waals surface area (Å²) in [5.41, 5.74) is 1.82. The molecule has 1 rings (SSSR count). The lowest BCUT2D eigenvalue weighted by molar-refractivity contribution is 0.0197. The van der Waals surface area contributed by atoms with E-state index in [1.54, 1.807) is 0 Å². The van der Waals surface area contributed by atoms with Gasteiger partial charge >= 0.3 is 6.09 Å². The maximum Gasteiger partial charge on any atom is 0.407 e. The monoisotopic (exact) mass is 569 g/mol. The second-order valence-electron chi connectivity index (χ2n) is 12.9. The lowest BCUT2D eigenvalue weighted by Gasteiger charge is -2.47. The average molecular weight is 570 g/mol. The summed E-state index contributed by atoms with van der Waals surface area (Å²) >= 11 is 0. The van der Waals surface area contributed by atoms with Crippen LogP contribution >= 0.6 is 0 Å². The normalized spacial score (nSPS) is 15.6. The predicted molar refractivity (Wildman–Crippen MR) is 160 cm³/mol. The largest absolute Gasteiger partial charge is 0.445 e. The number of hydrogen-bond acceptors (Lipinski definition) is 6. The Labute approximate surface area is 233 Å². The minimum Gasteiger partial charge on any atom is -0.445 e. The molecule has 0 spiro atoms. The number of hydrogen-bond donors (Lipinski definition) is 3. The molecule has 0 heterocycles. The van der Waals surface area contributed by atoms with Crippen molar-refractivity contribution in [3.05, 3.63) is 35.9 Å². The van der Waals surface area contributed by atoms with Crippen molar-refractivity contribution in [3.8, 4) is 0 Å². The van der Waals surface area contributed by atoms with Crippen LogP contribution in [0.1, 0.15) is 74.3 Å². The first kappa shape index (κ1) is 34.8. The molecule has 0 fully saturated rings. The summed E-state index contributed by atoms with van der Waals surface area (Å²) in [6.07, 6.45) is -1.90. The Bertz CT molecular complexity index is 804. The van der Waals surface area contributed by atoms with Gasteiger partial charge in [-0.3, -0.25) is 0 Å². The molecule has 1 unspecified atom stereocenters. The standard InChI is InChI=1S/C29H55NO6Si2/c1-21(2)38(22(3)4,23(5)6)36-27(17-25(32)18-31)26(20-35-37(10,11)29(7,8)9)30-28(33)34-19-24-15-13-12-14-16-24/h12-16,21-23,25-27,31-32H,17-20H2,1-11H3,(H,30,33)/t25?,26-,27-/m0/s1. The number of carbonyl (C=O) groups is 1.